The van der Waals surface area contributed by atoms with Crippen LogP contribution in [0, 0.1) is 5.92 Å². The van der Waals surface area contributed by atoms with Gasteiger partial charge in [0.05, 0.1) is 6.04 Å². The van der Waals surface area contributed by atoms with E-state index < -0.39 is 6.04 Å². The van der Waals surface area contributed by atoms with Gasteiger partial charge in [0.25, 0.3) is 0 Å². The summed E-state index contributed by atoms with van der Waals surface area (Å²) in [5.41, 5.74) is 7.03. The summed E-state index contributed by atoms with van der Waals surface area (Å²) in [4.78, 5) is 16.4. The van der Waals surface area contributed by atoms with Crippen molar-refractivity contribution in [2.45, 2.75) is 45.7 Å². The maximum absolute atomic E-state index is 12.1. The van der Waals surface area contributed by atoms with Gasteiger partial charge in [-0.3, -0.25) is 4.79 Å². The first kappa shape index (κ1) is 20.1. The standard InChI is InChI=1S/C17H24N4O2.ClH/c1-4-11(2)15(18)16(22)19-12(3)17-20-14(21-23-17)10-13-8-6-5-7-9-13;/h5-9,11-12,15H,4,10,18H2,1-3H3,(H,19,22);1H. The van der Waals surface area contributed by atoms with Crippen LogP contribution in [0.4, 0.5) is 0 Å². The minimum absolute atomic E-state index is 0. The molecule has 0 bridgehead atoms. The summed E-state index contributed by atoms with van der Waals surface area (Å²) in [6, 6.07) is 9.01. The number of hydrogen-bond acceptors (Lipinski definition) is 5. The highest BCUT2D eigenvalue weighted by molar-refractivity contribution is 5.85. The largest absolute Gasteiger partial charge is 0.343 e. The fourth-order valence-corrected chi connectivity index (χ4v) is 2.18. The fourth-order valence-electron chi connectivity index (χ4n) is 2.18. The van der Waals surface area contributed by atoms with Gasteiger partial charge in [-0.15, -0.1) is 12.4 Å². The summed E-state index contributed by atoms with van der Waals surface area (Å²) in [7, 11) is 0. The molecule has 0 radical (unpaired) electrons. The molecule has 3 N–H and O–H groups in total. The van der Waals surface area contributed by atoms with E-state index in [0.29, 0.717) is 18.1 Å². The predicted octanol–water partition coefficient (Wildman–Crippen LogP) is 2.63. The molecule has 0 aliphatic heterocycles. The molecule has 1 aromatic carbocycles. The number of aromatic nitrogens is 2. The summed E-state index contributed by atoms with van der Waals surface area (Å²) >= 11 is 0. The molecule has 0 aliphatic carbocycles. The molecule has 2 aromatic rings. The number of rotatable bonds is 7. The Morgan fingerprint density at radius 1 is 1.29 bits per heavy atom. The van der Waals surface area contributed by atoms with Gasteiger partial charge in [0.15, 0.2) is 5.82 Å². The summed E-state index contributed by atoms with van der Waals surface area (Å²) in [5, 5.41) is 6.80. The highest BCUT2D eigenvalue weighted by Crippen LogP contribution is 2.13. The lowest BCUT2D eigenvalue weighted by molar-refractivity contribution is -0.124. The number of amides is 1. The highest BCUT2D eigenvalue weighted by atomic mass is 35.5. The lowest BCUT2D eigenvalue weighted by Gasteiger charge is -2.19. The normalized spacial score (nSPS) is 14.3. The maximum Gasteiger partial charge on any atom is 0.248 e. The van der Waals surface area contributed by atoms with E-state index in [0.717, 1.165) is 12.0 Å². The Morgan fingerprint density at radius 3 is 2.58 bits per heavy atom. The average Bonchev–Trinajstić information content (AvgIpc) is 3.02. The van der Waals surface area contributed by atoms with Gasteiger partial charge in [0.2, 0.25) is 11.8 Å². The van der Waals surface area contributed by atoms with Crippen molar-refractivity contribution in [3.63, 3.8) is 0 Å². The number of nitrogens with two attached hydrogens (primary N) is 1. The van der Waals surface area contributed by atoms with Gasteiger partial charge < -0.3 is 15.6 Å². The lowest BCUT2D eigenvalue weighted by Crippen LogP contribution is -2.45. The van der Waals surface area contributed by atoms with Crippen molar-refractivity contribution < 1.29 is 9.32 Å². The molecule has 2 rings (SSSR count). The Balaban J connectivity index is 0.00000288. The third kappa shape index (κ3) is 5.32. The zero-order valence-corrected chi connectivity index (χ0v) is 15.0. The number of carbonyl (C=O) groups is 1. The molecular weight excluding hydrogens is 328 g/mol. The van der Waals surface area contributed by atoms with Gasteiger partial charge in [-0.2, -0.15) is 4.98 Å². The zero-order valence-electron chi connectivity index (χ0n) is 14.2. The summed E-state index contributed by atoms with van der Waals surface area (Å²) in [6.07, 6.45) is 1.45. The van der Waals surface area contributed by atoms with Crippen LogP contribution < -0.4 is 11.1 Å². The lowest BCUT2D eigenvalue weighted by atomic mass is 9.99. The quantitative estimate of drug-likeness (QED) is 0.798. The van der Waals surface area contributed by atoms with Gasteiger partial charge in [-0.25, -0.2) is 0 Å². The van der Waals surface area contributed by atoms with Gasteiger partial charge in [-0.1, -0.05) is 55.8 Å². The molecule has 1 aromatic heterocycles. The topological polar surface area (TPSA) is 94.0 Å². The molecular formula is C17H25ClN4O2. The summed E-state index contributed by atoms with van der Waals surface area (Å²) in [5.74, 6) is 0.910. The van der Waals surface area contributed by atoms with Crippen LogP contribution in [0.1, 0.15) is 50.5 Å². The van der Waals surface area contributed by atoms with Crippen LogP contribution in [-0.4, -0.2) is 22.1 Å². The second-order valence-corrected chi connectivity index (χ2v) is 5.85. The molecule has 6 nitrogen and oxygen atoms in total. The van der Waals surface area contributed by atoms with Crippen LogP contribution in [0.3, 0.4) is 0 Å². The molecule has 3 atom stereocenters. The SMILES string of the molecule is CCC(C)C(N)C(=O)NC(C)c1nc(Cc2ccccc2)no1.Cl. The number of benzene rings is 1. The Hall–Kier alpha value is -1.92. The van der Waals surface area contributed by atoms with Gasteiger partial charge >= 0.3 is 0 Å². The third-order valence-corrected chi connectivity index (χ3v) is 3.98. The van der Waals surface area contributed by atoms with E-state index in [1.165, 1.54) is 0 Å². The molecule has 0 aliphatic rings. The van der Waals surface area contributed by atoms with E-state index in [1.807, 2.05) is 44.2 Å². The van der Waals surface area contributed by atoms with E-state index in [9.17, 15) is 4.79 Å². The van der Waals surface area contributed by atoms with Crippen molar-refractivity contribution in [3.8, 4) is 0 Å². The Kier molecular flexibility index (Phi) is 7.88. The molecule has 132 valence electrons. The molecule has 1 amide bonds. The summed E-state index contributed by atoms with van der Waals surface area (Å²) in [6.45, 7) is 5.77. The zero-order chi connectivity index (χ0) is 16.8. The first-order valence-corrected chi connectivity index (χ1v) is 7.93. The molecule has 24 heavy (non-hydrogen) atoms. The Bertz CT molecular complexity index is 633. The summed E-state index contributed by atoms with van der Waals surface area (Å²) < 4.78 is 5.25. The van der Waals surface area contributed by atoms with Gasteiger partial charge in [0, 0.05) is 6.42 Å². The number of carbonyl (C=O) groups excluding carboxylic acids is 1. The van der Waals surface area contributed by atoms with Crippen LogP contribution in [0.25, 0.3) is 0 Å². The molecule has 0 fully saturated rings. The Labute approximate surface area is 148 Å². The number of nitrogens with zero attached hydrogens (tertiary/aromatic N) is 2. The van der Waals surface area contributed by atoms with Crippen LogP contribution in [0.15, 0.2) is 34.9 Å². The van der Waals surface area contributed by atoms with Crippen LogP contribution in [0.2, 0.25) is 0 Å². The van der Waals surface area contributed by atoms with Crippen molar-refractivity contribution in [1.82, 2.24) is 15.5 Å². The fraction of sp³-hybridized carbons (Fsp3) is 0.471. The van der Waals surface area contributed by atoms with Gasteiger partial charge in [0.1, 0.15) is 6.04 Å². The molecule has 0 spiro atoms. The van der Waals surface area contributed by atoms with Crippen LogP contribution >= 0.6 is 12.4 Å². The molecule has 1 heterocycles. The van der Waals surface area contributed by atoms with E-state index in [2.05, 4.69) is 15.5 Å². The highest BCUT2D eigenvalue weighted by Gasteiger charge is 2.23. The first-order chi connectivity index (χ1) is 11.0. The minimum Gasteiger partial charge on any atom is -0.343 e. The second kappa shape index (κ2) is 9.39. The number of nitrogens with one attached hydrogen (secondary N) is 1. The Morgan fingerprint density at radius 2 is 1.96 bits per heavy atom. The van der Waals surface area contributed by atoms with Crippen molar-refractivity contribution in [2.24, 2.45) is 11.7 Å². The third-order valence-electron chi connectivity index (χ3n) is 3.98. The van der Waals surface area contributed by atoms with E-state index in [1.54, 1.807) is 6.92 Å². The molecule has 7 heteroatoms. The predicted molar refractivity (Wildman–Crippen MR) is 94.8 cm³/mol. The van der Waals surface area contributed by atoms with E-state index in [-0.39, 0.29) is 30.3 Å². The smallest absolute Gasteiger partial charge is 0.248 e. The minimum atomic E-state index is -0.533. The van der Waals surface area contributed by atoms with Crippen LogP contribution in [-0.2, 0) is 11.2 Å². The average molecular weight is 353 g/mol. The maximum atomic E-state index is 12.1. The van der Waals surface area contributed by atoms with Crippen molar-refractivity contribution >= 4 is 18.3 Å². The molecule has 0 saturated carbocycles. The molecule has 0 saturated heterocycles. The van der Waals surface area contributed by atoms with E-state index in [4.69, 9.17) is 10.3 Å². The van der Waals surface area contributed by atoms with Crippen LogP contribution in [0.5, 0.6) is 0 Å². The van der Waals surface area contributed by atoms with Crippen molar-refractivity contribution in [3.05, 3.63) is 47.6 Å². The van der Waals surface area contributed by atoms with E-state index >= 15 is 0 Å². The number of halogens is 1. The van der Waals surface area contributed by atoms with Crippen molar-refractivity contribution in [1.29, 1.82) is 0 Å². The monoisotopic (exact) mass is 352 g/mol. The number of hydrogen-bond donors (Lipinski definition) is 2. The van der Waals surface area contributed by atoms with Gasteiger partial charge in [-0.05, 0) is 18.4 Å². The first-order valence-electron chi connectivity index (χ1n) is 7.93. The second-order valence-electron chi connectivity index (χ2n) is 5.85. The molecule has 3 unspecified atom stereocenters. The van der Waals surface area contributed by atoms with Crippen molar-refractivity contribution in [2.75, 3.05) is 0 Å².